The summed E-state index contributed by atoms with van der Waals surface area (Å²) >= 11 is 0. The molecule has 83 valence electrons. The predicted molar refractivity (Wildman–Crippen MR) is 62.6 cm³/mol. The average Bonchev–Trinajstić information content (AvgIpc) is 2.29. The van der Waals surface area contributed by atoms with E-state index in [1.54, 1.807) is 0 Å². The van der Waals surface area contributed by atoms with Gasteiger partial charge in [0.15, 0.2) is 0 Å². The lowest BCUT2D eigenvalue weighted by Crippen LogP contribution is -2.55. The van der Waals surface area contributed by atoms with Crippen LogP contribution in [0.1, 0.15) is 72.6 Å². The van der Waals surface area contributed by atoms with Crippen molar-refractivity contribution in [3.63, 3.8) is 0 Å². The van der Waals surface area contributed by atoms with Gasteiger partial charge in [0, 0.05) is 11.1 Å². The zero-order chi connectivity index (χ0) is 10.7. The van der Waals surface area contributed by atoms with E-state index in [1.807, 2.05) is 0 Å². The molecule has 0 aromatic carbocycles. The summed E-state index contributed by atoms with van der Waals surface area (Å²) in [5, 5.41) is 5.22. The lowest BCUT2D eigenvalue weighted by molar-refractivity contribution is 0.103. The molecule has 0 atom stereocenters. The van der Waals surface area contributed by atoms with Gasteiger partial charge in [-0.05, 0) is 44.9 Å². The van der Waals surface area contributed by atoms with E-state index in [1.165, 1.54) is 44.9 Å². The van der Waals surface area contributed by atoms with E-state index in [4.69, 9.17) is 5.32 Å². The molecule has 1 heterocycles. The van der Waals surface area contributed by atoms with E-state index < -0.39 is 0 Å². The third-order valence-electron chi connectivity index (χ3n) is 4.39. The van der Waals surface area contributed by atoms with Crippen molar-refractivity contribution in [3.05, 3.63) is 0 Å². The maximum absolute atomic E-state index is 5.22. The third kappa shape index (κ3) is 2.13. The predicted octanol–water partition coefficient (Wildman–Crippen LogP) is 3.89. The van der Waals surface area contributed by atoms with E-state index in [9.17, 15) is 0 Å². The first-order valence-electron chi connectivity index (χ1n) is 6.40. The van der Waals surface area contributed by atoms with Gasteiger partial charge in [-0.25, -0.2) is 5.32 Å². The molecule has 14 heavy (non-hydrogen) atoms. The van der Waals surface area contributed by atoms with Crippen molar-refractivity contribution >= 4 is 0 Å². The van der Waals surface area contributed by atoms with Gasteiger partial charge in [-0.3, -0.25) is 0 Å². The highest BCUT2D eigenvalue weighted by molar-refractivity contribution is 5.00. The standard InChI is InChI=1S/C13H26N/c1-5-12(6-2)10-9-11-13(7-3,8-4)14-12/h5-11H2,1-4H3. The van der Waals surface area contributed by atoms with Gasteiger partial charge in [0.1, 0.15) is 0 Å². The summed E-state index contributed by atoms with van der Waals surface area (Å²) in [6, 6.07) is 0. The molecule has 0 saturated carbocycles. The SMILES string of the molecule is CCC1(CC)CCCC(CC)(CC)[N]1. The molecule has 0 aromatic heterocycles. The Hall–Kier alpha value is -0.0400. The second kappa shape index (κ2) is 4.65. The molecule has 1 aliphatic heterocycles. The summed E-state index contributed by atoms with van der Waals surface area (Å²) < 4.78 is 0. The number of nitrogens with zero attached hydrogens (tertiary/aromatic N) is 1. The number of hydrogen-bond donors (Lipinski definition) is 0. The molecule has 1 nitrogen and oxygen atoms in total. The summed E-state index contributed by atoms with van der Waals surface area (Å²) in [4.78, 5) is 0. The van der Waals surface area contributed by atoms with Gasteiger partial charge in [-0.2, -0.15) is 0 Å². The van der Waals surface area contributed by atoms with Crippen LogP contribution in [0.25, 0.3) is 0 Å². The van der Waals surface area contributed by atoms with Crippen LogP contribution in [0.2, 0.25) is 0 Å². The lowest BCUT2D eigenvalue weighted by Gasteiger charge is -2.47. The fourth-order valence-corrected chi connectivity index (χ4v) is 2.88. The topological polar surface area (TPSA) is 14.1 Å². The van der Waals surface area contributed by atoms with Crippen LogP contribution in [0.3, 0.4) is 0 Å². The molecule has 0 unspecified atom stereocenters. The molecule has 0 bridgehead atoms. The van der Waals surface area contributed by atoms with Crippen LogP contribution in [0, 0.1) is 0 Å². The van der Waals surface area contributed by atoms with Crippen molar-refractivity contribution in [3.8, 4) is 0 Å². The molecule has 1 radical (unpaired) electrons. The zero-order valence-electron chi connectivity index (χ0n) is 10.4. The molecule has 1 saturated heterocycles. The van der Waals surface area contributed by atoms with Crippen LogP contribution in [0.5, 0.6) is 0 Å². The van der Waals surface area contributed by atoms with E-state index in [0.717, 1.165) is 0 Å². The Labute approximate surface area is 89.7 Å². The second-order valence-corrected chi connectivity index (χ2v) is 4.83. The van der Waals surface area contributed by atoms with Crippen LogP contribution < -0.4 is 5.32 Å². The third-order valence-corrected chi connectivity index (χ3v) is 4.39. The summed E-state index contributed by atoms with van der Waals surface area (Å²) in [5.41, 5.74) is 0.647. The maximum atomic E-state index is 5.22. The smallest absolute Gasteiger partial charge is 0.0358 e. The van der Waals surface area contributed by atoms with Crippen molar-refractivity contribution in [2.75, 3.05) is 0 Å². The van der Waals surface area contributed by atoms with E-state index >= 15 is 0 Å². The van der Waals surface area contributed by atoms with E-state index in [-0.39, 0.29) is 0 Å². The van der Waals surface area contributed by atoms with Gasteiger partial charge in [-0.15, -0.1) is 0 Å². The minimum Gasteiger partial charge on any atom is -0.229 e. The molecule has 1 fully saturated rings. The van der Waals surface area contributed by atoms with Crippen LogP contribution in [0.4, 0.5) is 0 Å². The number of hydrogen-bond acceptors (Lipinski definition) is 0. The lowest BCUT2D eigenvalue weighted by atomic mass is 9.74. The fourth-order valence-electron chi connectivity index (χ4n) is 2.88. The van der Waals surface area contributed by atoms with Crippen LogP contribution in [-0.4, -0.2) is 11.1 Å². The zero-order valence-corrected chi connectivity index (χ0v) is 10.4. The number of piperidine rings is 1. The van der Waals surface area contributed by atoms with E-state index in [0.29, 0.717) is 11.1 Å². The summed E-state index contributed by atoms with van der Waals surface area (Å²) in [6.07, 6.45) is 8.93. The normalized spacial score (nSPS) is 24.9. The molecule has 0 amide bonds. The van der Waals surface area contributed by atoms with Crippen LogP contribution in [-0.2, 0) is 0 Å². The summed E-state index contributed by atoms with van der Waals surface area (Å²) in [7, 11) is 0. The highest BCUT2D eigenvalue weighted by Crippen LogP contribution is 2.38. The first-order valence-corrected chi connectivity index (χ1v) is 6.40. The highest BCUT2D eigenvalue weighted by atomic mass is 15.1. The highest BCUT2D eigenvalue weighted by Gasteiger charge is 2.41. The largest absolute Gasteiger partial charge is 0.229 e. The van der Waals surface area contributed by atoms with Gasteiger partial charge in [0.05, 0.1) is 0 Å². The maximum Gasteiger partial charge on any atom is 0.0358 e. The molecule has 0 aromatic rings. The van der Waals surface area contributed by atoms with Crippen LogP contribution >= 0.6 is 0 Å². The minimum absolute atomic E-state index is 0.324. The molecule has 1 rings (SSSR count). The molecule has 1 aliphatic rings. The number of rotatable bonds is 4. The van der Waals surface area contributed by atoms with Crippen molar-refractivity contribution < 1.29 is 0 Å². The molecule has 1 heteroatoms. The monoisotopic (exact) mass is 196 g/mol. The van der Waals surface area contributed by atoms with Crippen molar-refractivity contribution in [1.29, 1.82) is 0 Å². The quantitative estimate of drug-likeness (QED) is 0.647. The Balaban J connectivity index is 2.75. The molecule has 0 aliphatic carbocycles. The Bertz CT molecular complexity index is 148. The Morgan fingerprint density at radius 1 is 0.786 bits per heavy atom. The van der Waals surface area contributed by atoms with Gasteiger partial charge >= 0.3 is 0 Å². The second-order valence-electron chi connectivity index (χ2n) is 4.83. The van der Waals surface area contributed by atoms with Crippen molar-refractivity contribution in [1.82, 2.24) is 5.32 Å². The van der Waals surface area contributed by atoms with Gasteiger partial charge in [0.25, 0.3) is 0 Å². The summed E-state index contributed by atoms with van der Waals surface area (Å²) in [5.74, 6) is 0. The molecule has 0 spiro atoms. The molecular weight excluding hydrogens is 170 g/mol. The Morgan fingerprint density at radius 2 is 1.14 bits per heavy atom. The van der Waals surface area contributed by atoms with Gasteiger partial charge < -0.3 is 0 Å². The van der Waals surface area contributed by atoms with Gasteiger partial charge in [0.2, 0.25) is 0 Å². The van der Waals surface area contributed by atoms with E-state index in [2.05, 4.69) is 27.7 Å². The molecular formula is C13H26N. The van der Waals surface area contributed by atoms with Crippen molar-refractivity contribution in [2.24, 2.45) is 0 Å². The Kier molecular flexibility index (Phi) is 4.00. The fraction of sp³-hybridized carbons (Fsp3) is 1.00. The summed E-state index contributed by atoms with van der Waals surface area (Å²) in [6.45, 7) is 9.20. The first-order chi connectivity index (χ1) is 6.66. The van der Waals surface area contributed by atoms with Crippen LogP contribution in [0.15, 0.2) is 0 Å². The Morgan fingerprint density at radius 3 is 1.43 bits per heavy atom. The molecule has 0 N–H and O–H groups in total. The first kappa shape index (κ1) is 12.0. The van der Waals surface area contributed by atoms with Gasteiger partial charge in [-0.1, -0.05) is 27.7 Å². The minimum atomic E-state index is 0.324. The van der Waals surface area contributed by atoms with Crippen molar-refractivity contribution in [2.45, 2.75) is 83.7 Å². The average molecular weight is 196 g/mol.